The van der Waals surface area contributed by atoms with Crippen LogP contribution >= 0.6 is 0 Å². The minimum atomic E-state index is 0.356. The number of piperidine rings is 1. The Morgan fingerprint density at radius 3 is 2.57 bits per heavy atom. The highest BCUT2D eigenvalue weighted by molar-refractivity contribution is 5.79. The monoisotopic (exact) mass is 382 g/mol. The van der Waals surface area contributed by atoms with Gasteiger partial charge in [0.1, 0.15) is 0 Å². The normalized spacial score (nSPS) is 17.5. The van der Waals surface area contributed by atoms with Crippen molar-refractivity contribution in [1.29, 1.82) is 0 Å². The molecule has 28 heavy (non-hydrogen) atoms. The molecule has 1 aliphatic rings. The predicted octanol–water partition coefficient (Wildman–Crippen LogP) is 2.95. The number of rotatable bonds is 7. The number of nitrogens with zero attached hydrogens (tertiary/aromatic N) is 4. The van der Waals surface area contributed by atoms with Gasteiger partial charge in [0.2, 0.25) is 0 Å². The van der Waals surface area contributed by atoms with E-state index in [2.05, 4.69) is 64.8 Å². The third kappa shape index (κ3) is 5.58. The van der Waals surface area contributed by atoms with Crippen molar-refractivity contribution in [2.45, 2.75) is 39.3 Å². The number of aliphatic imine (C=N–C) groups is 1. The summed E-state index contributed by atoms with van der Waals surface area (Å²) in [7, 11) is 1.95. The molecule has 152 valence electrons. The summed E-state index contributed by atoms with van der Waals surface area (Å²) in [5, 5.41) is 11.2. The highest BCUT2D eigenvalue weighted by atomic mass is 15.3. The second-order valence-corrected chi connectivity index (χ2v) is 7.67. The molecular weight excluding hydrogens is 348 g/mol. The van der Waals surface area contributed by atoms with E-state index < -0.39 is 0 Å². The van der Waals surface area contributed by atoms with Crippen molar-refractivity contribution < 1.29 is 0 Å². The fourth-order valence-electron chi connectivity index (χ4n) is 3.72. The first kappa shape index (κ1) is 20.4. The Kier molecular flexibility index (Phi) is 7.48. The molecule has 2 heterocycles. The van der Waals surface area contributed by atoms with Crippen LogP contribution in [0.4, 0.5) is 0 Å². The molecule has 0 saturated carbocycles. The van der Waals surface area contributed by atoms with E-state index in [0.717, 1.165) is 43.8 Å². The van der Waals surface area contributed by atoms with E-state index in [1.54, 1.807) is 0 Å². The zero-order valence-corrected chi connectivity index (χ0v) is 17.4. The molecule has 2 aromatic rings. The first-order valence-corrected chi connectivity index (χ1v) is 10.5. The summed E-state index contributed by atoms with van der Waals surface area (Å²) >= 11 is 0. The van der Waals surface area contributed by atoms with E-state index in [4.69, 9.17) is 4.99 Å². The third-order valence-corrected chi connectivity index (χ3v) is 5.57. The lowest BCUT2D eigenvalue weighted by molar-refractivity contribution is 0.138. The SMILES string of the molecule is CCNC(=NCc1ccnn1C)NCC(c1ccccc1)N1CCC(C)CC1. The molecule has 2 N–H and O–H groups in total. The molecule has 1 atom stereocenters. The lowest BCUT2D eigenvalue weighted by atomic mass is 9.95. The van der Waals surface area contributed by atoms with Crippen molar-refractivity contribution in [3.63, 3.8) is 0 Å². The number of hydrogen-bond acceptors (Lipinski definition) is 3. The lowest BCUT2D eigenvalue weighted by Crippen LogP contribution is -2.45. The molecule has 1 aliphatic heterocycles. The van der Waals surface area contributed by atoms with Gasteiger partial charge in [0.15, 0.2) is 5.96 Å². The standard InChI is InChI=1S/C22H34N6/c1-4-23-22(24-16-20-10-13-26-27(20)3)25-17-21(19-8-6-5-7-9-19)28-14-11-18(2)12-15-28/h5-10,13,18,21H,4,11-12,14-17H2,1-3H3,(H2,23,24,25). The molecule has 1 fully saturated rings. The molecular formula is C22H34N6. The van der Waals surface area contributed by atoms with Gasteiger partial charge < -0.3 is 10.6 Å². The van der Waals surface area contributed by atoms with Crippen LogP contribution in [-0.2, 0) is 13.6 Å². The van der Waals surface area contributed by atoms with Crippen molar-refractivity contribution in [3.8, 4) is 0 Å². The van der Waals surface area contributed by atoms with Gasteiger partial charge in [-0.15, -0.1) is 0 Å². The van der Waals surface area contributed by atoms with Crippen LogP contribution in [0.3, 0.4) is 0 Å². The minimum Gasteiger partial charge on any atom is -0.357 e. The second kappa shape index (κ2) is 10.3. The molecule has 0 spiro atoms. The van der Waals surface area contributed by atoms with Crippen LogP contribution < -0.4 is 10.6 Å². The van der Waals surface area contributed by atoms with Crippen LogP contribution in [0.1, 0.15) is 44.0 Å². The Hall–Kier alpha value is -2.34. The predicted molar refractivity (Wildman–Crippen MR) is 115 cm³/mol. The fourth-order valence-corrected chi connectivity index (χ4v) is 3.72. The molecule has 1 saturated heterocycles. The fraction of sp³-hybridized carbons (Fsp3) is 0.545. The zero-order valence-electron chi connectivity index (χ0n) is 17.4. The van der Waals surface area contributed by atoms with Crippen LogP contribution in [0.5, 0.6) is 0 Å². The number of hydrogen-bond donors (Lipinski definition) is 2. The zero-order chi connectivity index (χ0) is 19.8. The number of benzene rings is 1. The second-order valence-electron chi connectivity index (χ2n) is 7.67. The first-order valence-electron chi connectivity index (χ1n) is 10.5. The maximum absolute atomic E-state index is 4.75. The van der Waals surface area contributed by atoms with E-state index in [9.17, 15) is 0 Å². The van der Waals surface area contributed by atoms with E-state index >= 15 is 0 Å². The average molecular weight is 383 g/mol. The number of aryl methyl sites for hydroxylation is 1. The van der Waals surface area contributed by atoms with E-state index in [1.807, 2.05) is 24.0 Å². The molecule has 0 amide bonds. The molecule has 1 aromatic carbocycles. The van der Waals surface area contributed by atoms with Gasteiger partial charge in [-0.3, -0.25) is 9.58 Å². The molecule has 0 aliphatic carbocycles. The highest BCUT2D eigenvalue weighted by Gasteiger charge is 2.24. The Labute approximate surface area is 169 Å². The van der Waals surface area contributed by atoms with Crippen LogP contribution in [0.2, 0.25) is 0 Å². The lowest BCUT2D eigenvalue weighted by Gasteiger charge is -2.37. The van der Waals surface area contributed by atoms with Gasteiger partial charge in [0.05, 0.1) is 18.3 Å². The third-order valence-electron chi connectivity index (χ3n) is 5.57. The summed E-state index contributed by atoms with van der Waals surface area (Å²) < 4.78 is 1.87. The average Bonchev–Trinajstić information content (AvgIpc) is 3.13. The number of nitrogens with one attached hydrogen (secondary N) is 2. The quantitative estimate of drug-likeness (QED) is 0.571. The Bertz CT molecular complexity index is 730. The van der Waals surface area contributed by atoms with Crippen molar-refractivity contribution in [1.82, 2.24) is 25.3 Å². The Morgan fingerprint density at radius 2 is 1.93 bits per heavy atom. The van der Waals surface area contributed by atoms with Crippen molar-refractivity contribution in [2.75, 3.05) is 26.2 Å². The molecule has 1 aromatic heterocycles. The minimum absolute atomic E-state index is 0.356. The van der Waals surface area contributed by atoms with Gasteiger partial charge >= 0.3 is 0 Å². The van der Waals surface area contributed by atoms with Gasteiger partial charge in [0, 0.05) is 26.3 Å². The van der Waals surface area contributed by atoms with Crippen molar-refractivity contribution in [3.05, 3.63) is 53.9 Å². The summed E-state index contributed by atoms with van der Waals surface area (Å²) in [6, 6.07) is 13.2. The van der Waals surface area contributed by atoms with Crippen LogP contribution in [0, 0.1) is 5.92 Å². The summed E-state index contributed by atoms with van der Waals surface area (Å²) in [6.45, 7) is 9.08. The highest BCUT2D eigenvalue weighted by Crippen LogP contribution is 2.26. The maximum atomic E-state index is 4.75. The van der Waals surface area contributed by atoms with Gasteiger partial charge in [-0.2, -0.15) is 5.10 Å². The molecule has 0 radical (unpaired) electrons. The number of aromatic nitrogens is 2. The van der Waals surface area contributed by atoms with Crippen molar-refractivity contribution in [2.24, 2.45) is 18.0 Å². The van der Waals surface area contributed by atoms with Gasteiger partial charge in [-0.05, 0) is 50.4 Å². The van der Waals surface area contributed by atoms with Crippen LogP contribution in [0.15, 0.2) is 47.6 Å². The number of guanidine groups is 1. The molecule has 6 heteroatoms. The molecule has 0 bridgehead atoms. The van der Waals surface area contributed by atoms with Gasteiger partial charge in [0.25, 0.3) is 0 Å². The Morgan fingerprint density at radius 1 is 1.18 bits per heavy atom. The molecule has 1 unspecified atom stereocenters. The Balaban J connectivity index is 1.68. The summed E-state index contributed by atoms with van der Waals surface area (Å²) in [5.74, 6) is 1.69. The topological polar surface area (TPSA) is 57.5 Å². The summed E-state index contributed by atoms with van der Waals surface area (Å²) in [5.41, 5.74) is 2.47. The van der Waals surface area contributed by atoms with Gasteiger partial charge in [-0.1, -0.05) is 37.3 Å². The van der Waals surface area contributed by atoms with Crippen LogP contribution in [0.25, 0.3) is 0 Å². The first-order chi connectivity index (χ1) is 13.7. The smallest absolute Gasteiger partial charge is 0.191 e. The molecule has 6 nitrogen and oxygen atoms in total. The van der Waals surface area contributed by atoms with E-state index in [-0.39, 0.29) is 0 Å². The molecule has 3 rings (SSSR count). The number of likely N-dealkylation sites (tertiary alicyclic amines) is 1. The van der Waals surface area contributed by atoms with Crippen molar-refractivity contribution >= 4 is 5.96 Å². The summed E-state index contributed by atoms with van der Waals surface area (Å²) in [6.07, 6.45) is 4.37. The largest absolute Gasteiger partial charge is 0.357 e. The maximum Gasteiger partial charge on any atom is 0.191 e. The van der Waals surface area contributed by atoms with Crippen LogP contribution in [-0.4, -0.2) is 46.8 Å². The van der Waals surface area contributed by atoms with Gasteiger partial charge in [-0.25, -0.2) is 4.99 Å². The van der Waals surface area contributed by atoms with E-state index in [1.165, 1.54) is 18.4 Å². The van der Waals surface area contributed by atoms with E-state index in [0.29, 0.717) is 12.6 Å². The summed E-state index contributed by atoms with van der Waals surface area (Å²) in [4.78, 5) is 7.37.